The highest BCUT2D eigenvalue weighted by atomic mass is 35.5. The van der Waals surface area contributed by atoms with Crippen LogP contribution in [0.4, 0.5) is 11.4 Å². The number of non-ortho nitro benzene ring substituents is 1. The van der Waals surface area contributed by atoms with Crippen molar-refractivity contribution in [2.45, 2.75) is 4.90 Å². The number of nitro groups is 1. The maximum atomic E-state index is 12.1. The molecule has 1 amide bonds. The average Bonchev–Trinajstić information content (AvgIpc) is 2.53. The highest BCUT2D eigenvalue weighted by Crippen LogP contribution is 2.17. The van der Waals surface area contributed by atoms with Crippen LogP contribution in [0.15, 0.2) is 53.4 Å². The van der Waals surface area contributed by atoms with E-state index < -0.39 is 27.4 Å². The van der Waals surface area contributed by atoms with Gasteiger partial charge in [-0.05, 0) is 24.3 Å². The number of benzene rings is 2. The lowest BCUT2D eigenvalue weighted by Gasteiger charge is -2.08. The van der Waals surface area contributed by atoms with Crippen molar-refractivity contribution in [3.63, 3.8) is 0 Å². The lowest BCUT2D eigenvalue weighted by atomic mass is 10.3. The number of hydrogen-bond acceptors (Lipinski definition) is 5. The second kappa shape index (κ2) is 7.39. The van der Waals surface area contributed by atoms with Crippen molar-refractivity contribution in [2.24, 2.45) is 0 Å². The molecule has 0 radical (unpaired) electrons. The molecule has 10 heteroatoms. The molecular weight excluding hydrogens is 358 g/mol. The standard InChI is InChI=1S/C14H12ClN3O5S/c15-10-3-1-4-11(7-10)17-14(19)9-16-24(22,23)13-6-2-5-12(8-13)18(20)21/h1-8,16H,9H2,(H,17,19). The minimum atomic E-state index is -4.05. The summed E-state index contributed by atoms with van der Waals surface area (Å²) in [5.74, 6) is -0.605. The molecule has 0 unspecified atom stereocenters. The fourth-order valence-corrected chi connectivity index (χ4v) is 2.99. The predicted molar refractivity (Wildman–Crippen MR) is 88.4 cm³/mol. The Bertz CT molecular complexity index is 885. The van der Waals surface area contributed by atoms with Crippen molar-refractivity contribution >= 4 is 38.9 Å². The van der Waals surface area contributed by atoms with E-state index in [1.54, 1.807) is 18.2 Å². The Kier molecular flexibility index (Phi) is 5.50. The number of carbonyl (C=O) groups excluding carboxylic acids is 1. The SMILES string of the molecule is O=C(CNS(=O)(=O)c1cccc([N+](=O)[O-])c1)Nc1cccc(Cl)c1. The van der Waals surface area contributed by atoms with E-state index in [0.717, 1.165) is 6.07 Å². The molecule has 0 heterocycles. The first-order chi connectivity index (χ1) is 11.3. The van der Waals surface area contributed by atoms with Gasteiger partial charge in [0.15, 0.2) is 0 Å². The van der Waals surface area contributed by atoms with E-state index in [0.29, 0.717) is 10.7 Å². The molecule has 2 aromatic carbocycles. The third-order valence-corrected chi connectivity index (χ3v) is 4.50. The molecule has 0 aliphatic rings. The molecule has 0 bridgehead atoms. The maximum absolute atomic E-state index is 12.1. The van der Waals surface area contributed by atoms with E-state index in [1.807, 2.05) is 0 Å². The molecule has 0 atom stereocenters. The van der Waals surface area contributed by atoms with E-state index in [1.165, 1.54) is 24.3 Å². The quantitative estimate of drug-likeness (QED) is 0.597. The highest BCUT2D eigenvalue weighted by Gasteiger charge is 2.18. The van der Waals surface area contributed by atoms with Crippen LogP contribution >= 0.6 is 11.6 Å². The molecule has 0 fully saturated rings. The fourth-order valence-electron chi connectivity index (χ4n) is 1.78. The summed E-state index contributed by atoms with van der Waals surface area (Å²) in [4.78, 5) is 21.5. The summed E-state index contributed by atoms with van der Waals surface area (Å²) < 4.78 is 26.2. The highest BCUT2D eigenvalue weighted by molar-refractivity contribution is 7.89. The Morgan fingerprint density at radius 3 is 2.54 bits per heavy atom. The fraction of sp³-hybridized carbons (Fsp3) is 0.0714. The Morgan fingerprint density at radius 2 is 1.88 bits per heavy atom. The zero-order valence-electron chi connectivity index (χ0n) is 12.1. The van der Waals surface area contributed by atoms with E-state index >= 15 is 0 Å². The lowest BCUT2D eigenvalue weighted by Crippen LogP contribution is -2.32. The van der Waals surface area contributed by atoms with Gasteiger partial charge in [-0.1, -0.05) is 23.7 Å². The molecule has 8 nitrogen and oxygen atoms in total. The smallest absolute Gasteiger partial charge is 0.270 e. The van der Waals surface area contributed by atoms with Crippen molar-refractivity contribution in [1.82, 2.24) is 4.72 Å². The zero-order valence-corrected chi connectivity index (χ0v) is 13.7. The molecule has 126 valence electrons. The molecule has 2 rings (SSSR count). The molecule has 0 saturated heterocycles. The molecule has 0 saturated carbocycles. The van der Waals surface area contributed by atoms with Gasteiger partial charge in [0, 0.05) is 22.8 Å². The van der Waals surface area contributed by atoms with Crippen molar-refractivity contribution in [3.05, 3.63) is 63.7 Å². The van der Waals surface area contributed by atoms with Gasteiger partial charge >= 0.3 is 0 Å². The van der Waals surface area contributed by atoms with Crippen molar-refractivity contribution in [3.8, 4) is 0 Å². The number of anilines is 1. The average molecular weight is 370 g/mol. The molecule has 0 spiro atoms. The first kappa shape index (κ1) is 17.9. The molecule has 2 N–H and O–H groups in total. The summed E-state index contributed by atoms with van der Waals surface area (Å²) >= 11 is 5.78. The van der Waals surface area contributed by atoms with E-state index in [-0.39, 0.29) is 10.6 Å². The van der Waals surface area contributed by atoms with Gasteiger partial charge in [-0.3, -0.25) is 14.9 Å². The monoisotopic (exact) mass is 369 g/mol. The van der Waals surface area contributed by atoms with Gasteiger partial charge in [0.05, 0.1) is 16.4 Å². The number of halogens is 1. The number of nitrogens with zero attached hydrogens (tertiary/aromatic N) is 1. The van der Waals surface area contributed by atoms with Crippen LogP contribution < -0.4 is 10.0 Å². The molecule has 2 aromatic rings. The molecule has 0 aromatic heterocycles. The third kappa shape index (κ3) is 4.75. The van der Waals surface area contributed by atoms with Crippen LogP contribution in [-0.4, -0.2) is 25.8 Å². The van der Waals surface area contributed by atoms with Crippen LogP contribution in [0.2, 0.25) is 5.02 Å². The van der Waals surface area contributed by atoms with Crippen molar-refractivity contribution in [2.75, 3.05) is 11.9 Å². The molecule has 24 heavy (non-hydrogen) atoms. The van der Waals surface area contributed by atoms with E-state index in [4.69, 9.17) is 11.6 Å². The molecular formula is C14H12ClN3O5S. The number of nitro benzene ring substituents is 1. The first-order valence-electron chi connectivity index (χ1n) is 6.57. The molecule has 0 aliphatic carbocycles. The number of amides is 1. The number of hydrogen-bond donors (Lipinski definition) is 2. The van der Waals surface area contributed by atoms with Gasteiger partial charge in [0.25, 0.3) is 5.69 Å². The van der Waals surface area contributed by atoms with Crippen molar-refractivity contribution in [1.29, 1.82) is 0 Å². The summed E-state index contributed by atoms with van der Waals surface area (Å²) in [6.07, 6.45) is 0. The van der Waals surface area contributed by atoms with Crippen LogP contribution in [0.3, 0.4) is 0 Å². The predicted octanol–water partition coefficient (Wildman–Crippen LogP) is 2.17. The minimum Gasteiger partial charge on any atom is -0.325 e. The van der Waals surface area contributed by atoms with Gasteiger partial charge < -0.3 is 5.32 Å². The number of sulfonamides is 1. The summed E-state index contributed by atoms with van der Waals surface area (Å²) in [5.41, 5.74) is 0.0586. The number of nitrogens with one attached hydrogen (secondary N) is 2. The zero-order chi connectivity index (χ0) is 17.7. The Balaban J connectivity index is 2.03. The van der Waals surface area contributed by atoms with Crippen LogP contribution in [0.5, 0.6) is 0 Å². The number of rotatable bonds is 6. The minimum absolute atomic E-state index is 0.299. The van der Waals surface area contributed by atoms with Crippen LogP contribution in [0, 0.1) is 10.1 Å². The Hall–Kier alpha value is -2.49. The van der Waals surface area contributed by atoms with E-state index in [9.17, 15) is 23.3 Å². The largest absolute Gasteiger partial charge is 0.325 e. The Labute approximate surface area is 142 Å². The van der Waals surface area contributed by atoms with Gasteiger partial charge in [-0.2, -0.15) is 0 Å². The second-order valence-electron chi connectivity index (χ2n) is 4.64. The topological polar surface area (TPSA) is 118 Å². The normalized spacial score (nSPS) is 11.0. The van der Waals surface area contributed by atoms with E-state index in [2.05, 4.69) is 10.0 Å². The Morgan fingerprint density at radius 1 is 1.17 bits per heavy atom. The lowest BCUT2D eigenvalue weighted by molar-refractivity contribution is -0.385. The second-order valence-corrected chi connectivity index (χ2v) is 6.84. The summed E-state index contributed by atoms with van der Waals surface area (Å²) in [5, 5.41) is 13.6. The van der Waals surface area contributed by atoms with Crippen molar-refractivity contribution < 1.29 is 18.1 Å². The van der Waals surface area contributed by atoms with Gasteiger partial charge in [0.2, 0.25) is 15.9 Å². The maximum Gasteiger partial charge on any atom is 0.270 e. The first-order valence-corrected chi connectivity index (χ1v) is 8.43. The van der Waals surface area contributed by atoms with Crippen LogP contribution in [0.25, 0.3) is 0 Å². The molecule has 0 aliphatic heterocycles. The van der Waals surface area contributed by atoms with Crippen LogP contribution in [-0.2, 0) is 14.8 Å². The third-order valence-electron chi connectivity index (χ3n) is 2.87. The van der Waals surface area contributed by atoms with Crippen LogP contribution in [0.1, 0.15) is 0 Å². The summed E-state index contributed by atoms with van der Waals surface area (Å²) in [6.45, 7) is -0.530. The van der Waals surface area contributed by atoms with Gasteiger partial charge in [-0.15, -0.1) is 0 Å². The number of carbonyl (C=O) groups is 1. The summed E-state index contributed by atoms with van der Waals surface area (Å²) in [6, 6.07) is 10.9. The van der Waals surface area contributed by atoms with Gasteiger partial charge in [0.1, 0.15) is 0 Å². The van der Waals surface area contributed by atoms with Gasteiger partial charge in [-0.25, -0.2) is 13.1 Å². The summed E-state index contributed by atoms with van der Waals surface area (Å²) in [7, 11) is -4.05.